The predicted octanol–water partition coefficient (Wildman–Crippen LogP) is 1.48. The van der Waals surface area contributed by atoms with Crippen molar-refractivity contribution in [1.29, 1.82) is 0 Å². The number of aliphatic hydroxyl groups excluding tert-OH is 1. The minimum absolute atomic E-state index is 0.145. The van der Waals surface area contributed by atoms with Crippen molar-refractivity contribution in [1.82, 2.24) is 10.6 Å². The number of hydrogen-bond acceptors (Lipinski definition) is 3. The van der Waals surface area contributed by atoms with Gasteiger partial charge in [-0.3, -0.25) is 4.79 Å². The topological polar surface area (TPSA) is 61.4 Å². The highest BCUT2D eigenvalue weighted by Crippen LogP contribution is 2.29. The molecule has 7 heteroatoms. The first-order valence-electron chi connectivity index (χ1n) is 7.21. The van der Waals surface area contributed by atoms with Crippen LogP contribution in [-0.4, -0.2) is 36.2 Å². The van der Waals surface area contributed by atoms with Crippen LogP contribution in [-0.2, 0) is 17.4 Å². The lowest BCUT2D eigenvalue weighted by atomic mass is 10.0. The first-order valence-corrected chi connectivity index (χ1v) is 7.21. The lowest BCUT2D eigenvalue weighted by Crippen LogP contribution is -2.42. The molecule has 0 aromatic heterocycles. The molecule has 22 heavy (non-hydrogen) atoms. The summed E-state index contributed by atoms with van der Waals surface area (Å²) >= 11 is 0. The van der Waals surface area contributed by atoms with Crippen molar-refractivity contribution in [2.75, 3.05) is 13.1 Å². The van der Waals surface area contributed by atoms with Crippen molar-refractivity contribution >= 4 is 5.91 Å². The molecule has 0 saturated carbocycles. The molecule has 1 aliphatic rings. The highest BCUT2D eigenvalue weighted by atomic mass is 19.4. The van der Waals surface area contributed by atoms with E-state index in [1.807, 2.05) is 0 Å². The second kappa shape index (κ2) is 7.11. The van der Waals surface area contributed by atoms with Gasteiger partial charge in [-0.05, 0) is 31.0 Å². The average Bonchev–Trinajstić information content (AvgIpc) is 2.97. The SMILES string of the molecule is O=C(NC[C@H]1CCCN1)[C@H](O)Cc1cccc(C(F)(F)F)c1. The van der Waals surface area contributed by atoms with Crippen molar-refractivity contribution in [2.24, 2.45) is 0 Å². The van der Waals surface area contributed by atoms with E-state index in [0.717, 1.165) is 31.5 Å². The molecular weight excluding hydrogens is 297 g/mol. The third-order valence-electron chi connectivity index (χ3n) is 3.67. The average molecular weight is 316 g/mol. The normalized spacial score (nSPS) is 19.9. The molecule has 0 aliphatic carbocycles. The van der Waals surface area contributed by atoms with Gasteiger partial charge in [0, 0.05) is 19.0 Å². The van der Waals surface area contributed by atoms with Gasteiger partial charge >= 0.3 is 6.18 Å². The summed E-state index contributed by atoms with van der Waals surface area (Å²) in [5.74, 6) is -0.564. The molecule has 122 valence electrons. The van der Waals surface area contributed by atoms with Crippen LogP contribution in [0.3, 0.4) is 0 Å². The summed E-state index contributed by atoms with van der Waals surface area (Å²) in [6, 6.07) is 4.84. The number of carbonyl (C=O) groups excluding carboxylic acids is 1. The van der Waals surface area contributed by atoms with Gasteiger partial charge in [-0.15, -0.1) is 0 Å². The number of hydrogen-bond donors (Lipinski definition) is 3. The fourth-order valence-electron chi connectivity index (χ4n) is 2.46. The molecular formula is C15H19F3N2O2. The number of halogens is 3. The molecule has 1 aromatic carbocycles. The first kappa shape index (κ1) is 16.8. The molecule has 2 atom stereocenters. The van der Waals surface area contributed by atoms with Crippen LogP contribution in [0, 0.1) is 0 Å². The van der Waals surface area contributed by atoms with Crippen LogP contribution in [0.15, 0.2) is 24.3 Å². The molecule has 3 N–H and O–H groups in total. The Morgan fingerprint density at radius 1 is 1.45 bits per heavy atom. The van der Waals surface area contributed by atoms with Gasteiger partial charge in [-0.25, -0.2) is 0 Å². The summed E-state index contributed by atoms with van der Waals surface area (Å²) in [6.07, 6.45) is -3.92. The van der Waals surface area contributed by atoms with Crippen molar-refractivity contribution in [3.63, 3.8) is 0 Å². The van der Waals surface area contributed by atoms with Gasteiger partial charge in [0.2, 0.25) is 5.91 Å². The molecule has 0 radical (unpaired) electrons. The molecule has 0 spiro atoms. The van der Waals surface area contributed by atoms with Crippen LogP contribution in [0.1, 0.15) is 24.0 Å². The van der Waals surface area contributed by atoms with Gasteiger partial charge in [0.15, 0.2) is 0 Å². The van der Waals surface area contributed by atoms with E-state index >= 15 is 0 Å². The molecule has 1 saturated heterocycles. The maximum Gasteiger partial charge on any atom is 0.416 e. The van der Waals surface area contributed by atoms with E-state index in [9.17, 15) is 23.1 Å². The summed E-state index contributed by atoms with van der Waals surface area (Å²) < 4.78 is 37.8. The van der Waals surface area contributed by atoms with Gasteiger partial charge in [-0.1, -0.05) is 18.2 Å². The smallest absolute Gasteiger partial charge is 0.383 e. The Morgan fingerprint density at radius 3 is 2.86 bits per heavy atom. The van der Waals surface area contributed by atoms with Crippen molar-refractivity contribution in [2.45, 2.75) is 37.6 Å². The van der Waals surface area contributed by atoms with Crippen LogP contribution in [0.2, 0.25) is 0 Å². The van der Waals surface area contributed by atoms with E-state index in [0.29, 0.717) is 6.54 Å². The molecule has 1 amide bonds. The minimum Gasteiger partial charge on any atom is -0.383 e. The van der Waals surface area contributed by atoms with Crippen LogP contribution in [0.5, 0.6) is 0 Å². The largest absolute Gasteiger partial charge is 0.416 e. The van der Waals surface area contributed by atoms with Crippen molar-refractivity contribution < 1.29 is 23.1 Å². The predicted molar refractivity (Wildman–Crippen MR) is 75.2 cm³/mol. The zero-order valence-electron chi connectivity index (χ0n) is 12.0. The lowest BCUT2D eigenvalue weighted by molar-refractivity contribution is -0.137. The van der Waals surface area contributed by atoms with Crippen molar-refractivity contribution in [3.8, 4) is 0 Å². The Hall–Kier alpha value is -1.60. The van der Waals surface area contributed by atoms with Gasteiger partial charge in [0.1, 0.15) is 6.10 Å². The number of amides is 1. The minimum atomic E-state index is -4.43. The molecule has 2 rings (SSSR count). The van der Waals surface area contributed by atoms with Crippen molar-refractivity contribution in [3.05, 3.63) is 35.4 Å². The number of nitrogens with one attached hydrogen (secondary N) is 2. The zero-order valence-corrected chi connectivity index (χ0v) is 12.0. The van der Waals surface area contributed by atoms with E-state index in [1.54, 1.807) is 0 Å². The van der Waals surface area contributed by atoms with E-state index in [2.05, 4.69) is 10.6 Å². The fraction of sp³-hybridized carbons (Fsp3) is 0.533. The second-order valence-electron chi connectivity index (χ2n) is 5.46. The number of rotatable bonds is 5. The van der Waals surface area contributed by atoms with Gasteiger partial charge < -0.3 is 15.7 Å². The molecule has 1 aromatic rings. The summed E-state index contributed by atoms with van der Waals surface area (Å²) in [6.45, 7) is 1.33. The molecule has 0 unspecified atom stereocenters. The Balaban J connectivity index is 1.87. The summed E-state index contributed by atoms with van der Waals surface area (Å²) in [5, 5.41) is 15.6. The Labute approximate surface area is 126 Å². The maximum absolute atomic E-state index is 12.6. The Bertz CT molecular complexity index is 514. The summed E-state index contributed by atoms with van der Waals surface area (Å²) in [4.78, 5) is 11.8. The monoisotopic (exact) mass is 316 g/mol. The van der Waals surface area contributed by atoms with Gasteiger partial charge in [0.05, 0.1) is 5.56 Å². The van der Waals surface area contributed by atoms with Crippen LogP contribution in [0.4, 0.5) is 13.2 Å². The molecule has 0 bridgehead atoms. The summed E-state index contributed by atoms with van der Waals surface area (Å²) in [7, 11) is 0. The van der Waals surface area contributed by atoms with Gasteiger partial charge in [-0.2, -0.15) is 13.2 Å². The lowest BCUT2D eigenvalue weighted by Gasteiger charge is -2.15. The molecule has 4 nitrogen and oxygen atoms in total. The number of carbonyl (C=O) groups is 1. The number of aliphatic hydroxyl groups is 1. The third-order valence-corrected chi connectivity index (χ3v) is 3.67. The maximum atomic E-state index is 12.6. The Morgan fingerprint density at radius 2 is 2.23 bits per heavy atom. The third kappa shape index (κ3) is 4.71. The van der Waals surface area contributed by atoms with Crippen LogP contribution >= 0.6 is 0 Å². The highest BCUT2D eigenvalue weighted by Gasteiger charge is 2.30. The summed E-state index contributed by atoms with van der Waals surface area (Å²) in [5.41, 5.74) is -0.510. The highest BCUT2D eigenvalue weighted by molar-refractivity contribution is 5.80. The quantitative estimate of drug-likeness (QED) is 0.771. The molecule has 1 fully saturated rings. The van der Waals surface area contributed by atoms with E-state index in [-0.39, 0.29) is 18.0 Å². The Kier molecular flexibility index (Phi) is 5.42. The molecule has 1 heterocycles. The van der Waals surface area contributed by atoms with Crippen LogP contribution < -0.4 is 10.6 Å². The van der Waals surface area contributed by atoms with E-state index < -0.39 is 23.8 Å². The van der Waals surface area contributed by atoms with E-state index in [1.165, 1.54) is 12.1 Å². The standard InChI is InChI=1S/C15H19F3N2O2/c16-15(17,18)11-4-1-3-10(7-11)8-13(21)14(22)20-9-12-5-2-6-19-12/h1,3-4,7,12-13,19,21H,2,5-6,8-9H2,(H,20,22)/t12-,13-/m1/s1. The fourth-order valence-corrected chi connectivity index (χ4v) is 2.46. The number of benzene rings is 1. The zero-order chi connectivity index (χ0) is 16.2. The van der Waals surface area contributed by atoms with Crippen LogP contribution in [0.25, 0.3) is 0 Å². The van der Waals surface area contributed by atoms with E-state index in [4.69, 9.17) is 0 Å². The molecule has 1 aliphatic heterocycles. The second-order valence-corrected chi connectivity index (χ2v) is 5.46. The first-order chi connectivity index (χ1) is 10.4. The van der Waals surface area contributed by atoms with Gasteiger partial charge in [0.25, 0.3) is 0 Å². The number of alkyl halides is 3.